The van der Waals surface area contributed by atoms with Crippen molar-refractivity contribution in [2.45, 2.75) is 79.1 Å². The molecule has 0 fully saturated rings. The first kappa shape index (κ1) is 27.2. The van der Waals surface area contributed by atoms with Crippen molar-refractivity contribution in [3.8, 4) is 0 Å². The van der Waals surface area contributed by atoms with Gasteiger partial charge in [-0.25, -0.2) is 9.97 Å². The fourth-order valence-electron chi connectivity index (χ4n) is 5.55. The first-order chi connectivity index (χ1) is 17.6. The number of aryl methyl sites for hydroxylation is 3. The molecule has 3 aromatic heterocycles. The number of hydrogen-bond acceptors (Lipinski definition) is 2. The molecular weight excluding hydrogens is 496 g/mol. The summed E-state index contributed by atoms with van der Waals surface area (Å²) in [5.41, 5.74) is 14.4. The summed E-state index contributed by atoms with van der Waals surface area (Å²) in [6.45, 7) is 9.09. The molecule has 2 aliphatic heterocycles. The zero-order valence-electron chi connectivity index (χ0n) is 22.5. The number of nitrogens with zero attached hydrogens (tertiary/aromatic N) is 2. The van der Waals surface area contributed by atoms with E-state index in [4.69, 9.17) is 9.97 Å². The Bertz CT molecular complexity index is 1490. The maximum atomic E-state index is 5.25. The minimum absolute atomic E-state index is 0. The summed E-state index contributed by atoms with van der Waals surface area (Å²) in [5.74, 6) is 0. The monoisotopic (exact) mass is 534 g/mol. The topological polar surface area (TPSA) is 57.4 Å². The summed E-state index contributed by atoms with van der Waals surface area (Å²) < 4.78 is 0. The average molecular weight is 535 g/mol. The molecule has 3 aromatic rings. The molecule has 0 spiro atoms. The minimum atomic E-state index is 0. The van der Waals surface area contributed by atoms with E-state index in [1.807, 2.05) is 0 Å². The van der Waals surface area contributed by atoms with Gasteiger partial charge in [0.15, 0.2) is 0 Å². The van der Waals surface area contributed by atoms with E-state index in [9.17, 15) is 0 Å². The second-order valence-electron chi connectivity index (χ2n) is 10.0. The van der Waals surface area contributed by atoms with Crippen molar-refractivity contribution in [3.63, 3.8) is 0 Å². The van der Waals surface area contributed by atoms with E-state index < -0.39 is 0 Å². The first-order valence-electron chi connectivity index (χ1n) is 13.8. The number of rotatable bonds is 8. The molecule has 37 heavy (non-hydrogen) atoms. The van der Waals surface area contributed by atoms with E-state index in [1.54, 1.807) is 0 Å². The third kappa shape index (κ3) is 5.68. The second-order valence-corrected chi connectivity index (χ2v) is 10.0. The summed E-state index contributed by atoms with van der Waals surface area (Å²) >= 11 is 0. The van der Waals surface area contributed by atoms with Crippen LogP contribution in [-0.4, -0.2) is 19.9 Å². The van der Waals surface area contributed by atoms with Gasteiger partial charge in [-0.05, 0) is 90.9 Å². The van der Waals surface area contributed by atoms with Gasteiger partial charge in [0.1, 0.15) is 0 Å². The van der Waals surface area contributed by atoms with Gasteiger partial charge in [-0.2, -0.15) is 0 Å². The van der Waals surface area contributed by atoms with E-state index >= 15 is 0 Å². The molecule has 0 saturated heterocycles. The third-order valence-corrected chi connectivity index (χ3v) is 7.04. The van der Waals surface area contributed by atoms with Gasteiger partial charge in [0, 0.05) is 44.7 Å². The fraction of sp³-hybridized carbons (Fsp3) is 0.375. The van der Waals surface area contributed by atoms with Crippen LogP contribution in [0.5, 0.6) is 0 Å². The van der Waals surface area contributed by atoms with E-state index in [0.29, 0.717) is 0 Å². The molecule has 0 radical (unpaired) electrons. The molecule has 8 bridgehead atoms. The maximum absolute atomic E-state index is 5.25. The van der Waals surface area contributed by atoms with Crippen LogP contribution in [0.4, 0.5) is 0 Å². The molecule has 0 amide bonds. The number of aromatic amines is 2. The van der Waals surface area contributed by atoms with Crippen molar-refractivity contribution >= 4 is 45.9 Å². The van der Waals surface area contributed by atoms with Crippen LogP contribution in [0.2, 0.25) is 0 Å². The van der Waals surface area contributed by atoms with Crippen molar-refractivity contribution < 1.29 is 17.1 Å². The molecule has 2 aliphatic rings. The van der Waals surface area contributed by atoms with Gasteiger partial charge in [0.2, 0.25) is 0 Å². The van der Waals surface area contributed by atoms with Gasteiger partial charge in [0.05, 0.1) is 22.8 Å². The average Bonchev–Trinajstić information content (AvgIpc) is 3.64. The summed E-state index contributed by atoms with van der Waals surface area (Å²) in [4.78, 5) is 17.6. The molecule has 5 heterocycles. The van der Waals surface area contributed by atoms with Crippen LogP contribution >= 0.6 is 0 Å². The van der Waals surface area contributed by atoms with Crippen molar-refractivity contribution in [2.24, 2.45) is 0 Å². The Morgan fingerprint density at radius 3 is 1.89 bits per heavy atom. The van der Waals surface area contributed by atoms with Crippen LogP contribution in [0.1, 0.15) is 99.3 Å². The molecule has 0 saturated carbocycles. The zero-order valence-corrected chi connectivity index (χ0v) is 23.6. The van der Waals surface area contributed by atoms with Crippen molar-refractivity contribution in [2.75, 3.05) is 0 Å². The van der Waals surface area contributed by atoms with E-state index in [2.05, 4.69) is 86.2 Å². The standard InChI is InChI=1S/C32H38N4.Fe/c1-5-9-21-17-26-19-24-14-13-22(33-24)18-23-15-16-25(34-23)20-30-27(10-6-2)28(11-7-3)32(36-30)29(12-8-4)31(21)35-26;/h13-20,33,36H,5-12H2,1-4H3;. The Morgan fingerprint density at radius 2 is 1.22 bits per heavy atom. The van der Waals surface area contributed by atoms with E-state index in [-0.39, 0.29) is 17.1 Å². The van der Waals surface area contributed by atoms with E-state index in [0.717, 1.165) is 79.5 Å². The molecule has 0 aromatic carbocycles. The van der Waals surface area contributed by atoms with Crippen LogP contribution in [-0.2, 0) is 36.3 Å². The summed E-state index contributed by atoms with van der Waals surface area (Å²) in [6.07, 6.45) is 15.1. The van der Waals surface area contributed by atoms with Crippen LogP contribution in [0.25, 0.3) is 45.9 Å². The third-order valence-electron chi connectivity index (χ3n) is 7.04. The predicted molar refractivity (Wildman–Crippen MR) is 155 cm³/mol. The fourth-order valence-corrected chi connectivity index (χ4v) is 5.55. The molecule has 4 nitrogen and oxygen atoms in total. The molecule has 0 aliphatic carbocycles. The molecular formula is C32H38FeN4. The summed E-state index contributed by atoms with van der Waals surface area (Å²) in [7, 11) is 0. The minimum Gasteiger partial charge on any atom is -0.355 e. The van der Waals surface area contributed by atoms with Crippen molar-refractivity contribution in [3.05, 3.63) is 69.8 Å². The second kappa shape index (κ2) is 12.1. The number of hydrogen-bond donors (Lipinski definition) is 2. The van der Waals surface area contributed by atoms with Crippen LogP contribution < -0.4 is 0 Å². The summed E-state index contributed by atoms with van der Waals surface area (Å²) in [6, 6.07) is 10.8. The number of nitrogens with one attached hydrogen (secondary N) is 2. The van der Waals surface area contributed by atoms with Crippen molar-refractivity contribution in [1.82, 2.24) is 19.9 Å². The van der Waals surface area contributed by atoms with Gasteiger partial charge in [-0.15, -0.1) is 0 Å². The van der Waals surface area contributed by atoms with Gasteiger partial charge < -0.3 is 9.97 Å². The molecule has 5 rings (SSSR count). The molecule has 0 unspecified atom stereocenters. The quantitative estimate of drug-likeness (QED) is 0.222. The Balaban J connectivity index is 0.00000320. The van der Waals surface area contributed by atoms with E-state index in [1.165, 1.54) is 39.0 Å². The Morgan fingerprint density at radius 1 is 0.622 bits per heavy atom. The normalized spacial score (nSPS) is 12.5. The number of allylic oxidation sites excluding steroid dienone is 1. The SMILES string of the molecule is CCCC1=Cc2cc3ccc(cc4nc(cc5[nH]c(c(CCC)c1n2)c(CCC)c5CCC)C=C4)[nH]3.[Fe]. The molecule has 2 N–H and O–H groups in total. The Hall–Kier alpha value is -2.88. The van der Waals surface area contributed by atoms with Crippen LogP contribution in [0.15, 0.2) is 30.3 Å². The molecule has 194 valence electrons. The Kier molecular flexibility index (Phi) is 8.89. The largest absolute Gasteiger partial charge is 0.355 e. The van der Waals surface area contributed by atoms with Gasteiger partial charge >= 0.3 is 0 Å². The first-order valence-corrected chi connectivity index (χ1v) is 13.8. The zero-order chi connectivity index (χ0) is 25.1. The van der Waals surface area contributed by atoms with Crippen LogP contribution in [0, 0.1) is 0 Å². The summed E-state index contributed by atoms with van der Waals surface area (Å²) in [5, 5.41) is 0. The maximum Gasteiger partial charge on any atom is 0.0722 e. The van der Waals surface area contributed by atoms with Gasteiger partial charge in [-0.1, -0.05) is 53.4 Å². The number of aromatic nitrogens is 4. The smallest absolute Gasteiger partial charge is 0.0722 e. The molecule has 0 atom stereocenters. The number of H-pyrrole nitrogens is 2. The Labute approximate surface area is 231 Å². The number of fused-ring (bicyclic) bond motifs is 8. The molecule has 5 heteroatoms. The van der Waals surface area contributed by atoms with Gasteiger partial charge in [-0.3, -0.25) is 0 Å². The van der Waals surface area contributed by atoms with Gasteiger partial charge in [0.25, 0.3) is 0 Å². The predicted octanol–water partition coefficient (Wildman–Crippen LogP) is 8.68. The van der Waals surface area contributed by atoms with Crippen LogP contribution in [0.3, 0.4) is 0 Å². The van der Waals surface area contributed by atoms with Crippen molar-refractivity contribution in [1.29, 1.82) is 0 Å².